The highest BCUT2D eigenvalue weighted by molar-refractivity contribution is 6.30. The van der Waals surface area contributed by atoms with Gasteiger partial charge < -0.3 is 15.3 Å². The van der Waals surface area contributed by atoms with E-state index in [0.717, 1.165) is 6.42 Å². The Kier molecular flexibility index (Phi) is 6.02. The molecule has 1 heterocycles. The molecule has 0 unspecified atom stereocenters. The monoisotopic (exact) mass is 338 g/mol. The number of nitrogens with one attached hydrogen (secondary N) is 1. The number of carbonyl (C=O) groups excluding carboxylic acids is 2. The predicted octanol–water partition coefficient (Wildman–Crippen LogP) is 2.22. The summed E-state index contributed by atoms with van der Waals surface area (Å²) in [7, 11) is 0. The van der Waals surface area contributed by atoms with Crippen molar-refractivity contribution < 1.29 is 14.7 Å². The largest absolute Gasteiger partial charge is 0.394 e. The van der Waals surface area contributed by atoms with Gasteiger partial charge in [-0.05, 0) is 24.1 Å². The normalized spacial score (nSPS) is 20.4. The van der Waals surface area contributed by atoms with Crippen LogP contribution < -0.4 is 10.2 Å². The fourth-order valence-electron chi connectivity index (χ4n) is 2.73. The summed E-state index contributed by atoms with van der Waals surface area (Å²) in [4.78, 5) is 26.2. The fraction of sp³-hybridized carbons (Fsp3) is 0.529. The van der Waals surface area contributed by atoms with Crippen molar-refractivity contribution in [3.63, 3.8) is 0 Å². The average Bonchev–Trinajstić information content (AvgIpc) is 2.93. The first-order valence-corrected chi connectivity index (χ1v) is 8.31. The van der Waals surface area contributed by atoms with E-state index < -0.39 is 5.92 Å². The highest BCUT2D eigenvalue weighted by Gasteiger charge is 2.36. The number of hydrogen-bond donors (Lipinski definition) is 2. The standard InChI is InChI=1S/C17H23ClN2O3/c1-3-11(2)15(10-21)19-17(23)12-7-16(22)20(9-12)14-6-4-5-13(18)8-14/h4-6,8,11-12,15,21H,3,7,9-10H2,1-2H3,(H,19,23)/t11-,12+,15+/m0/s1. The molecule has 0 aromatic heterocycles. The number of aliphatic hydroxyl groups excluding tert-OH is 1. The third-order valence-corrected chi connectivity index (χ3v) is 4.71. The van der Waals surface area contributed by atoms with Gasteiger partial charge in [-0.2, -0.15) is 0 Å². The van der Waals surface area contributed by atoms with E-state index >= 15 is 0 Å². The van der Waals surface area contributed by atoms with Crippen molar-refractivity contribution in [2.24, 2.45) is 11.8 Å². The van der Waals surface area contributed by atoms with Crippen LogP contribution in [0.5, 0.6) is 0 Å². The topological polar surface area (TPSA) is 69.6 Å². The Morgan fingerprint density at radius 2 is 2.26 bits per heavy atom. The van der Waals surface area contributed by atoms with Gasteiger partial charge in [0.25, 0.3) is 0 Å². The molecule has 2 rings (SSSR count). The van der Waals surface area contributed by atoms with Gasteiger partial charge in [0.1, 0.15) is 0 Å². The second-order valence-corrected chi connectivity index (χ2v) is 6.50. The van der Waals surface area contributed by atoms with E-state index in [1.165, 1.54) is 0 Å². The van der Waals surface area contributed by atoms with Gasteiger partial charge in [0, 0.05) is 23.7 Å². The van der Waals surface area contributed by atoms with Crippen molar-refractivity contribution in [2.45, 2.75) is 32.7 Å². The molecule has 0 saturated carbocycles. The lowest BCUT2D eigenvalue weighted by Gasteiger charge is -2.24. The van der Waals surface area contributed by atoms with Crippen molar-refractivity contribution in [1.82, 2.24) is 5.32 Å². The van der Waals surface area contributed by atoms with Crippen molar-refractivity contribution in [3.05, 3.63) is 29.3 Å². The summed E-state index contributed by atoms with van der Waals surface area (Å²) in [6.07, 6.45) is 1.04. The number of anilines is 1. The van der Waals surface area contributed by atoms with Crippen molar-refractivity contribution in [1.29, 1.82) is 0 Å². The molecule has 5 nitrogen and oxygen atoms in total. The molecule has 0 bridgehead atoms. The number of rotatable bonds is 6. The molecular formula is C17H23ClN2O3. The highest BCUT2D eigenvalue weighted by atomic mass is 35.5. The molecule has 0 aliphatic carbocycles. The molecule has 2 N–H and O–H groups in total. The van der Waals surface area contributed by atoms with Crippen molar-refractivity contribution >= 4 is 29.1 Å². The van der Waals surface area contributed by atoms with Gasteiger partial charge in [-0.3, -0.25) is 9.59 Å². The first kappa shape index (κ1) is 17.8. The van der Waals surface area contributed by atoms with Gasteiger partial charge in [-0.25, -0.2) is 0 Å². The Morgan fingerprint density at radius 3 is 2.87 bits per heavy atom. The van der Waals surface area contributed by atoms with Gasteiger partial charge in [0.2, 0.25) is 11.8 Å². The summed E-state index contributed by atoms with van der Waals surface area (Å²) in [6.45, 7) is 4.24. The minimum Gasteiger partial charge on any atom is -0.394 e. The molecule has 1 aromatic rings. The van der Waals surface area contributed by atoms with Crippen LogP contribution in [0.2, 0.25) is 5.02 Å². The lowest BCUT2D eigenvalue weighted by Crippen LogP contribution is -2.45. The molecule has 1 saturated heterocycles. The van der Waals surface area contributed by atoms with E-state index in [-0.39, 0.29) is 36.8 Å². The van der Waals surface area contributed by atoms with E-state index in [0.29, 0.717) is 17.3 Å². The van der Waals surface area contributed by atoms with Crippen LogP contribution in [0.25, 0.3) is 0 Å². The maximum atomic E-state index is 12.4. The Hall–Kier alpha value is -1.59. The number of benzene rings is 1. The van der Waals surface area contributed by atoms with Gasteiger partial charge in [-0.1, -0.05) is 37.9 Å². The van der Waals surface area contributed by atoms with E-state index in [2.05, 4.69) is 5.32 Å². The van der Waals surface area contributed by atoms with Crippen molar-refractivity contribution in [3.8, 4) is 0 Å². The third kappa shape index (κ3) is 4.24. The molecule has 3 atom stereocenters. The molecule has 6 heteroatoms. The second-order valence-electron chi connectivity index (χ2n) is 6.07. The van der Waals surface area contributed by atoms with Gasteiger partial charge in [-0.15, -0.1) is 0 Å². The third-order valence-electron chi connectivity index (χ3n) is 4.47. The summed E-state index contributed by atoms with van der Waals surface area (Å²) in [5.74, 6) is -0.483. The van der Waals surface area contributed by atoms with Crippen LogP contribution in [-0.4, -0.2) is 36.1 Å². The lowest BCUT2D eigenvalue weighted by atomic mass is 9.98. The van der Waals surface area contributed by atoms with E-state index in [1.54, 1.807) is 29.2 Å². The van der Waals surface area contributed by atoms with E-state index in [9.17, 15) is 14.7 Å². The number of hydrogen-bond acceptors (Lipinski definition) is 3. The van der Waals surface area contributed by atoms with Crippen LogP contribution in [0.3, 0.4) is 0 Å². The number of nitrogens with zero attached hydrogens (tertiary/aromatic N) is 1. The van der Waals surface area contributed by atoms with Crippen LogP contribution in [0.4, 0.5) is 5.69 Å². The summed E-state index contributed by atoms with van der Waals surface area (Å²) in [5, 5.41) is 12.9. The molecular weight excluding hydrogens is 316 g/mol. The Labute approximate surface area is 141 Å². The Morgan fingerprint density at radius 1 is 1.52 bits per heavy atom. The number of amides is 2. The average molecular weight is 339 g/mol. The molecule has 23 heavy (non-hydrogen) atoms. The minimum atomic E-state index is -0.403. The summed E-state index contributed by atoms with van der Waals surface area (Å²) in [5.41, 5.74) is 0.707. The summed E-state index contributed by atoms with van der Waals surface area (Å²) in [6, 6.07) is 6.77. The number of carbonyl (C=O) groups is 2. The molecule has 0 radical (unpaired) electrons. The predicted molar refractivity (Wildman–Crippen MR) is 90.4 cm³/mol. The molecule has 126 valence electrons. The first-order valence-electron chi connectivity index (χ1n) is 7.93. The van der Waals surface area contributed by atoms with Crippen LogP contribution in [0, 0.1) is 11.8 Å². The zero-order valence-electron chi connectivity index (χ0n) is 13.5. The van der Waals surface area contributed by atoms with Crippen molar-refractivity contribution in [2.75, 3.05) is 18.1 Å². The van der Waals surface area contributed by atoms with Crippen LogP contribution >= 0.6 is 11.6 Å². The molecule has 2 amide bonds. The Balaban J connectivity index is 2.03. The lowest BCUT2D eigenvalue weighted by molar-refractivity contribution is -0.127. The van der Waals surface area contributed by atoms with E-state index in [1.807, 2.05) is 13.8 Å². The minimum absolute atomic E-state index is 0.0866. The quantitative estimate of drug-likeness (QED) is 0.835. The SMILES string of the molecule is CC[C@H](C)[C@@H](CO)NC(=O)[C@@H]1CC(=O)N(c2cccc(Cl)c2)C1. The van der Waals surface area contributed by atoms with Gasteiger partial charge in [0.15, 0.2) is 0 Å². The smallest absolute Gasteiger partial charge is 0.227 e. The molecule has 1 fully saturated rings. The maximum absolute atomic E-state index is 12.4. The highest BCUT2D eigenvalue weighted by Crippen LogP contribution is 2.27. The molecule has 1 aliphatic heterocycles. The van der Waals surface area contributed by atoms with Gasteiger partial charge >= 0.3 is 0 Å². The Bertz CT molecular complexity index is 579. The zero-order valence-corrected chi connectivity index (χ0v) is 14.2. The molecule has 1 aromatic carbocycles. The number of aliphatic hydroxyl groups is 1. The van der Waals surface area contributed by atoms with E-state index in [4.69, 9.17) is 11.6 Å². The maximum Gasteiger partial charge on any atom is 0.227 e. The second kappa shape index (κ2) is 7.79. The summed E-state index contributed by atoms with van der Waals surface area (Å²) < 4.78 is 0. The first-order chi connectivity index (χ1) is 11.0. The van der Waals surface area contributed by atoms with Crippen LogP contribution in [0.15, 0.2) is 24.3 Å². The van der Waals surface area contributed by atoms with Gasteiger partial charge in [0.05, 0.1) is 18.6 Å². The fourth-order valence-corrected chi connectivity index (χ4v) is 2.91. The van der Waals surface area contributed by atoms with Crippen LogP contribution in [-0.2, 0) is 9.59 Å². The molecule has 0 spiro atoms. The zero-order chi connectivity index (χ0) is 17.0. The summed E-state index contributed by atoms with van der Waals surface area (Å²) >= 11 is 5.96. The number of halogens is 1. The molecule has 1 aliphatic rings. The van der Waals surface area contributed by atoms with Crippen LogP contribution in [0.1, 0.15) is 26.7 Å².